The molecule has 0 aliphatic rings. The lowest BCUT2D eigenvalue weighted by molar-refractivity contribution is -0.155. The van der Waals surface area contributed by atoms with E-state index in [2.05, 4.69) is 4.98 Å². The van der Waals surface area contributed by atoms with Crippen LogP contribution in [0.3, 0.4) is 0 Å². The van der Waals surface area contributed by atoms with Gasteiger partial charge in [-0.15, -0.1) is 0 Å². The fraction of sp³-hybridized carbons (Fsp3) is 0.417. The summed E-state index contributed by atoms with van der Waals surface area (Å²) in [5, 5.41) is 9.35. The van der Waals surface area contributed by atoms with Crippen LogP contribution in [-0.4, -0.2) is 33.9 Å². The number of aliphatic carboxylic acids is 1. The lowest BCUT2D eigenvalue weighted by Gasteiger charge is -2.34. The minimum absolute atomic E-state index is 0.122. The van der Waals surface area contributed by atoms with E-state index in [0.29, 0.717) is 12.8 Å². The fourth-order valence-corrected chi connectivity index (χ4v) is 1.67. The van der Waals surface area contributed by atoms with Crippen LogP contribution in [0.5, 0.6) is 0 Å². The highest BCUT2D eigenvalue weighted by atomic mass is 19.1. The lowest BCUT2D eigenvalue weighted by atomic mass is 9.95. The first-order valence-electron chi connectivity index (χ1n) is 5.54. The van der Waals surface area contributed by atoms with Crippen LogP contribution in [0, 0.1) is 5.82 Å². The van der Waals surface area contributed by atoms with Crippen molar-refractivity contribution in [2.24, 2.45) is 0 Å². The maximum atomic E-state index is 12.8. The van der Waals surface area contributed by atoms with E-state index in [1.165, 1.54) is 13.0 Å². The molecule has 0 saturated heterocycles. The first-order valence-corrected chi connectivity index (χ1v) is 5.54. The van der Waals surface area contributed by atoms with Crippen molar-refractivity contribution in [2.75, 3.05) is 6.54 Å². The average Bonchev–Trinajstić information content (AvgIpc) is 2.35. The minimum Gasteiger partial charge on any atom is -0.479 e. The van der Waals surface area contributed by atoms with E-state index in [4.69, 9.17) is 0 Å². The molecule has 1 unspecified atom stereocenters. The molecule has 1 aromatic heterocycles. The highest BCUT2D eigenvalue weighted by Crippen LogP contribution is 2.26. The van der Waals surface area contributed by atoms with Gasteiger partial charge in [-0.3, -0.25) is 9.78 Å². The Labute approximate surface area is 104 Å². The number of hydrogen-bond donors (Lipinski definition) is 1. The molecule has 98 valence electrons. The Morgan fingerprint density at radius 3 is 2.67 bits per heavy atom. The molecule has 1 atom stereocenters. The van der Waals surface area contributed by atoms with Gasteiger partial charge < -0.3 is 10.0 Å². The largest absolute Gasteiger partial charge is 0.479 e. The number of hydrogen-bond acceptors (Lipinski definition) is 3. The topological polar surface area (TPSA) is 70.5 Å². The summed E-state index contributed by atoms with van der Waals surface area (Å²) < 4.78 is 12.8. The molecule has 0 spiro atoms. The van der Waals surface area contributed by atoms with Crippen molar-refractivity contribution in [1.82, 2.24) is 9.88 Å². The number of pyridine rings is 1. The second-order valence-corrected chi connectivity index (χ2v) is 4.04. The van der Waals surface area contributed by atoms with Gasteiger partial charge in [0.1, 0.15) is 5.82 Å². The van der Waals surface area contributed by atoms with Gasteiger partial charge in [0, 0.05) is 6.54 Å². The Bertz CT molecular complexity index is 435. The van der Waals surface area contributed by atoms with Crippen LogP contribution in [0.1, 0.15) is 26.0 Å². The smallest absolute Gasteiger partial charge is 0.335 e. The summed E-state index contributed by atoms with van der Waals surface area (Å²) in [4.78, 5) is 27.4. The average molecular weight is 254 g/mol. The monoisotopic (exact) mass is 254 g/mol. The van der Waals surface area contributed by atoms with Crippen LogP contribution in [0.2, 0.25) is 0 Å². The number of carbonyl (C=O) groups excluding carboxylic acids is 1. The zero-order valence-corrected chi connectivity index (χ0v) is 10.3. The van der Waals surface area contributed by atoms with Gasteiger partial charge in [-0.2, -0.15) is 0 Å². The third-order valence-corrected chi connectivity index (χ3v) is 2.81. The first kappa shape index (κ1) is 14.1. The summed E-state index contributed by atoms with van der Waals surface area (Å²) in [6, 6.07) is 2.40. The van der Waals surface area contributed by atoms with Crippen LogP contribution < -0.4 is 0 Å². The molecule has 0 fully saturated rings. The van der Waals surface area contributed by atoms with Gasteiger partial charge in [0.15, 0.2) is 5.54 Å². The van der Waals surface area contributed by atoms with Crippen LogP contribution in [-0.2, 0) is 15.1 Å². The fourth-order valence-electron chi connectivity index (χ4n) is 1.67. The summed E-state index contributed by atoms with van der Waals surface area (Å²) in [7, 11) is 0. The molecule has 1 N–H and O–H groups in total. The number of amides is 1. The summed E-state index contributed by atoms with van der Waals surface area (Å²) in [6.07, 6.45) is 2.02. The molecule has 0 aromatic carbocycles. The lowest BCUT2D eigenvalue weighted by Crippen LogP contribution is -2.50. The number of carbonyl (C=O) groups is 2. The molecule has 1 rings (SSSR count). The van der Waals surface area contributed by atoms with Crippen molar-refractivity contribution in [3.8, 4) is 0 Å². The Morgan fingerprint density at radius 1 is 1.61 bits per heavy atom. The molecule has 18 heavy (non-hydrogen) atoms. The van der Waals surface area contributed by atoms with E-state index in [1.807, 2.05) is 6.92 Å². The molecular weight excluding hydrogens is 239 g/mol. The van der Waals surface area contributed by atoms with Gasteiger partial charge >= 0.3 is 5.97 Å². The predicted molar refractivity (Wildman–Crippen MR) is 62.2 cm³/mol. The van der Waals surface area contributed by atoms with Crippen LogP contribution >= 0.6 is 0 Å². The van der Waals surface area contributed by atoms with E-state index in [1.54, 1.807) is 0 Å². The Hall–Kier alpha value is -1.98. The quantitative estimate of drug-likeness (QED) is 0.779. The standard InChI is InChI=1S/C12H15FN2O3/c1-3-6-15(8-16)12(2,11(17)18)10-5-4-9(13)7-14-10/h4-5,7-8H,3,6H2,1-2H3,(H,17,18). The highest BCUT2D eigenvalue weighted by molar-refractivity contribution is 5.82. The Balaban J connectivity index is 3.25. The minimum atomic E-state index is -1.59. The molecule has 0 bridgehead atoms. The SMILES string of the molecule is CCCN(C=O)C(C)(C(=O)O)c1ccc(F)cn1. The van der Waals surface area contributed by atoms with Crippen LogP contribution in [0.25, 0.3) is 0 Å². The molecule has 1 amide bonds. The Kier molecular flexibility index (Phi) is 4.36. The third-order valence-electron chi connectivity index (χ3n) is 2.81. The molecule has 0 radical (unpaired) electrons. The van der Waals surface area contributed by atoms with Gasteiger partial charge in [0.2, 0.25) is 6.41 Å². The predicted octanol–water partition coefficient (Wildman–Crippen LogP) is 1.39. The number of carboxylic acid groups (broad SMARTS) is 1. The van der Waals surface area contributed by atoms with Gasteiger partial charge in [-0.25, -0.2) is 9.18 Å². The van der Waals surface area contributed by atoms with Crippen molar-refractivity contribution < 1.29 is 19.1 Å². The van der Waals surface area contributed by atoms with Crippen molar-refractivity contribution in [3.05, 3.63) is 29.8 Å². The summed E-state index contributed by atoms with van der Waals surface area (Å²) in [6.45, 7) is 3.49. The van der Waals surface area contributed by atoms with E-state index < -0.39 is 17.3 Å². The van der Waals surface area contributed by atoms with Gasteiger partial charge in [0.05, 0.1) is 11.9 Å². The second-order valence-electron chi connectivity index (χ2n) is 4.04. The van der Waals surface area contributed by atoms with Crippen LogP contribution in [0.15, 0.2) is 18.3 Å². The van der Waals surface area contributed by atoms with Crippen molar-refractivity contribution in [1.29, 1.82) is 0 Å². The van der Waals surface area contributed by atoms with Crippen LogP contribution in [0.4, 0.5) is 4.39 Å². The second kappa shape index (κ2) is 5.57. The van der Waals surface area contributed by atoms with Crippen molar-refractivity contribution >= 4 is 12.4 Å². The number of halogens is 1. The Morgan fingerprint density at radius 2 is 2.28 bits per heavy atom. The van der Waals surface area contributed by atoms with E-state index in [0.717, 1.165) is 17.2 Å². The van der Waals surface area contributed by atoms with E-state index in [9.17, 15) is 19.1 Å². The van der Waals surface area contributed by atoms with Gasteiger partial charge in [0.25, 0.3) is 0 Å². The van der Waals surface area contributed by atoms with Gasteiger partial charge in [-0.05, 0) is 25.5 Å². The molecular formula is C12H15FN2O3. The third kappa shape index (κ3) is 2.47. The van der Waals surface area contributed by atoms with E-state index in [-0.39, 0.29) is 12.2 Å². The van der Waals surface area contributed by atoms with Crippen molar-refractivity contribution in [2.45, 2.75) is 25.8 Å². The molecule has 1 heterocycles. The van der Waals surface area contributed by atoms with Gasteiger partial charge in [-0.1, -0.05) is 6.92 Å². The van der Waals surface area contributed by atoms with Crippen molar-refractivity contribution in [3.63, 3.8) is 0 Å². The maximum Gasteiger partial charge on any atom is 0.335 e. The summed E-state index contributed by atoms with van der Waals surface area (Å²) >= 11 is 0. The zero-order valence-electron chi connectivity index (χ0n) is 10.3. The molecule has 1 aromatic rings. The molecule has 0 saturated carbocycles. The number of rotatable bonds is 6. The molecule has 5 nitrogen and oxygen atoms in total. The molecule has 0 aliphatic carbocycles. The summed E-state index contributed by atoms with van der Waals surface area (Å²) in [5.41, 5.74) is -1.47. The van der Waals surface area contributed by atoms with E-state index >= 15 is 0 Å². The number of carboxylic acids is 1. The number of aromatic nitrogens is 1. The highest BCUT2D eigenvalue weighted by Gasteiger charge is 2.42. The number of nitrogens with zero attached hydrogens (tertiary/aromatic N) is 2. The normalized spacial score (nSPS) is 13.7. The molecule has 0 aliphatic heterocycles. The first-order chi connectivity index (χ1) is 8.46. The maximum absolute atomic E-state index is 12.8. The molecule has 6 heteroatoms. The zero-order chi connectivity index (χ0) is 13.8. The summed E-state index contributed by atoms with van der Waals surface area (Å²) in [5.74, 6) is -1.76.